The molecule has 0 amide bonds. The van der Waals surface area contributed by atoms with Gasteiger partial charge in [0, 0.05) is 29.6 Å². The zero-order chi connectivity index (χ0) is 19.3. The molecule has 4 N–H and O–H groups in total. The van der Waals surface area contributed by atoms with E-state index >= 15 is 0 Å². The minimum absolute atomic E-state index is 0.0418. The Morgan fingerprint density at radius 2 is 2.38 bits per heavy atom. The van der Waals surface area contributed by atoms with E-state index in [1.807, 2.05) is 17.7 Å². The lowest BCUT2D eigenvalue weighted by atomic mass is 10.1. The third-order valence-electron chi connectivity index (χ3n) is 4.14. The Morgan fingerprint density at radius 1 is 1.65 bits per heavy atom. The van der Waals surface area contributed by atoms with E-state index in [0.717, 1.165) is 16.8 Å². The number of hydrogen-bond acceptors (Lipinski definition) is 7. The van der Waals surface area contributed by atoms with Crippen molar-refractivity contribution < 1.29 is 23.5 Å². The zero-order valence-corrected chi connectivity index (χ0v) is 16.6. The molecule has 26 heavy (non-hydrogen) atoms. The van der Waals surface area contributed by atoms with Crippen LogP contribution < -0.4 is 5.73 Å². The normalized spacial score (nSPS) is 23.5. The molecule has 2 heterocycles. The van der Waals surface area contributed by atoms with Crippen LogP contribution in [0.25, 0.3) is 0 Å². The van der Waals surface area contributed by atoms with Crippen molar-refractivity contribution in [2.45, 2.75) is 38.7 Å². The van der Waals surface area contributed by atoms with E-state index in [1.165, 1.54) is 0 Å². The van der Waals surface area contributed by atoms with E-state index in [4.69, 9.17) is 30.0 Å². The van der Waals surface area contributed by atoms with Gasteiger partial charge in [-0.1, -0.05) is 11.8 Å². The molecular weight excluding hydrogens is 377 g/mol. The van der Waals surface area contributed by atoms with Crippen molar-refractivity contribution in [2.24, 2.45) is 5.73 Å². The van der Waals surface area contributed by atoms with Gasteiger partial charge in [-0.2, -0.15) is 12.6 Å². The van der Waals surface area contributed by atoms with E-state index < -0.39 is 14.4 Å². The molecule has 1 aliphatic heterocycles. The van der Waals surface area contributed by atoms with Crippen LogP contribution in [0.1, 0.15) is 36.4 Å². The second kappa shape index (κ2) is 9.72. The van der Waals surface area contributed by atoms with Gasteiger partial charge in [-0.05, 0) is 13.8 Å². The molecule has 1 aliphatic rings. The predicted octanol–water partition coefficient (Wildman–Crippen LogP) is 1.45. The summed E-state index contributed by atoms with van der Waals surface area (Å²) in [5.74, 6) is 6.01. The summed E-state index contributed by atoms with van der Waals surface area (Å²) in [7, 11) is -3.04. The lowest BCUT2D eigenvalue weighted by Gasteiger charge is -2.17. The number of thiol groups is 1. The lowest BCUT2D eigenvalue weighted by molar-refractivity contribution is -0.0499. The first-order chi connectivity index (χ1) is 12.4. The van der Waals surface area contributed by atoms with Gasteiger partial charge >= 0.3 is 8.25 Å². The van der Waals surface area contributed by atoms with Gasteiger partial charge in [0.2, 0.25) is 0 Å². The molecule has 2 unspecified atom stereocenters. The van der Waals surface area contributed by atoms with Crippen molar-refractivity contribution in [1.82, 2.24) is 4.57 Å². The van der Waals surface area contributed by atoms with Gasteiger partial charge in [0.15, 0.2) is 0 Å². The number of rotatable bonds is 7. The van der Waals surface area contributed by atoms with E-state index in [1.54, 1.807) is 6.92 Å². The quantitative estimate of drug-likeness (QED) is 0.181. The molecule has 0 spiro atoms. The summed E-state index contributed by atoms with van der Waals surface area (Å²) in [5.41, 5.74) is 8.18. The Morgan fingerprint density at radius 3 is 2.96 bits per heavy atom. The minimum Gasteiger partial charge on any atom is -0.365 e. The number of ether oxygens (including phenoxy) is 2. The van der Waals surface area contributed by atoms with Crippen LogP contribution in [0.3, 0.4) is 0 Å². The standard InChI is InChI=1S/C16H24N3O5PS/c1-10(18)16-11(2)19(7-12(16)4-3-5-17)15-6-13(22-9-26)14(24-15)8-23-25(20)21/h7,13-15,18,25-26H,5-6,8-9,17H2,1-2H3,(H,20,21)/t13?,14-,15-/m1/s1. The molecule has 4 atom stereocenters. The monoisotopic (exact) mass is 401 g/mol. The average molecular weight is 401 g/mol. The minimum atomic E-state index is -3.04. The van der Waals surface area contributed by atoms with Crippen molar-refractivity contribution in [1.29, 1.82) is 5.41 Å². The fraction of sp³-hybridized carbons (Fsp3) is 0.562. The van der Waals surface area contributed by atoms with Gasteiger partial charge < -0.3 is 34.6 Å². The Bertz CT molecular complexity index is 742. The Hall–Kier alpha value is -1.11. The van der Waals surface area contributed by atoms with E-state index in [2.05, 4.69) is 24.5 Å². The highest BCUT2D eigenvalue weighted by molar-refractivity contribution is 7.80. The second-order valence-corrected chi connectivity index (χ2v) is 6.90. The zero-order valence-electron chi connectivity index (χ0n) is 14.7. The van der Waals surface area contributed by atoms with Crippen LogP contribution in [0.5, 0.6) is 0 Å². The molecule has 0 bridgehead atoms. The molecule has 0 radical (unpaired) electrons. The summed E-state index contributed by atoms with van der Waals surface area (Å²) in [6.45, 7) is 3.80. The van der Waals surface area contributed by atoms with E-state index in [0.29, 0.717) is 12.1 Å². The Kier molecular flexibility index (Phi) is 7.92. The molecule has 0 saturated carbocycles. The van der Waals surface area contributed by atoms with Gasteiger partial charge in [0.25, 0.3) is 0 Å². The topological polar surface area (TPSA) is 120 Å². The number of hydrogen-bond donors (Lipinski definition) is 4. The van der Waals surface area contributed by atoms with Crippen molar-refractivity contribution in [3.8, 4) is 11.8 Å². The second-order valence-electron chi connectivity index (χ2n) is 5.82. The third kappa shape index (κ3) is 4.99. The SMILES string of the molecule is CC(=N)c1c(C#CCN)cn([C@H]2CC(OCS)[C@@H](CO[PH](=O)O)O2)c1C. The predicted molar refractivity (Wildman–Crippen MR) is 102 cm³/mol. The van der Waals surface area contributed by atoms with Crippen LogP contribution in [0, 0.1) is 24.2 Å². The molecule has 8 nitrogen and oxygen atoms in total. The summed E-state index contributed by atoms with van der Waals surface area (Å²) in [5, 5.41) is 8.03. The van der Waals surface area contributed by atoms with Gasteiger partial charge in [-0.15, -0.1) is 0 Å². The van der Waals surface area contributed by atoms with E-state index in [9.17, 15) is 4.57 Å². The van der Waals surface area contributed by atoms with Crippen molar-refractivity contribution in [3.63, 3.8) is 0 Å². The van der Waals surface area contributed by atoms with Gasteiger partial charge in [0.05, 0.1) is 30.8 Å². The molecule has 10 heteroatoms. The summed E-state index contributed by atoms with van der Waals surface area (Å²) in [6, 6.07) is 0. The fourth-order valence-corrected chi connectivity index (χ4v) is 3.58. The number of nitrogens with two attached hydrogens (primary N) is 1. The largest absolute Gasteiger partial charge is 0.365 e. The highest BCUT2D eigenvalue weighted by Crippen LogP contribution is 2.35. The summed E-state index contributed by atoms with van der Waals surface area (Å²) < 4.78 is 29.2. The van der Waals surface area contributed by atoms with E-state index in [-0.39, 0.29) is 31.4 Å². The molecule has 0 aliphatic carbocycles. The van der Waals surface area contributed by atoms with Crippen molar-refractivity contribution in [3.05, 3.63) is 23.0 Å². The smallest absolute Gasteiger partial charge is 0.316 e. The molecular formula is C16H24N3O5PS. The summed E-state index contributed by atoms with van der Waals surface area (Å²) in [6.07, 6.45) is 1.20. The third-order valence-corrected chi connectivity index (χ3v) is 4.70. The molecule has 1 saturated heterocycles. The van der Waals surface area contributed by atoms with Crippen LogP contribution in [-0.2, 0) is 18.6 Å². The van der Waals surface area contributed by atoms with Crippen LogP contribution in [-0.4, -0.2) is 46.5 Å². The first-order valence-corrected chi connectivity index (χ1v) is 9.98. The maximum absolute atomic E-state index is 10.8. The van der Waals surface area contributed by atoms with Crippen LogP contribution in [0.4, 0.5) is 0 Å². The molecule has 1 aromatic rings. The van der Waals surface area contributed by atoms with Gasteiger partial charge in [-0.3, -0.25) is 4.57 Å². The molecule has 0 aromatic carbocycles. The molecule has 1 aromatic heterocycles. The highest BCUT2D eigenvalue weighted by atomic mass is 32.1. The first-order valence-electron chi connectivity index (χ1n) is 8.08. The van der Waals surface area contributed by atoms with Gasteiger partial charge in [-0.25, -0.2) is 0 Å². The summed E-state index contributed by atoms with van der Waals surface area (Å²) >= 11 is 4.08. The number of aromatic nitrogens is 1. The first kappa shape index (κ1) is 21.2. The Balaban J connectivity index is 2.29. The average Bonchev–Trinajstić information content (AvgIpc) is 3.12. The van der Waals surface area contributed by atoms with Crippen molar-refractivity contribution in [2.75, 3.05) is 19.1 Å². The lowest BCUT2D eigenvalue weighted by Crippen LogP contribution is -2.28. The highest BCUT2D eigenvalue weighted by Gasteiger charge is 2.38. The maximum Gasteiger partial charge on any atom is 0.316 e. The fourth-order valence-electron chi connectivity index (χ4n) is 3.08. The number of nitrogens with zero attached hydrogens (tertiary/aromatic N) is 1. The van der Waals surface area contributed by atoms with Crippen LogP contribution in [0.2, 0.25) is 0 Å². The number of nitrogens with one attached hydrogen (secondary N) is 1. The molecule has 144 valence electrons. The van der Waals surface area contributed by atoms with Crippen molar-refractivity contribution >= 4 is 26.6 Å². The molecule has 2 rings (SSSR count). The van der Waals surface area contributed by atoms with Crippen LogP contribution >= 0.6 is 20.9 Å². The Labute approximate surface area is 158 Å². The molecule has 1 fully saturated rings. The van der Waals surface area contributed by atoms with Crippen LogP contribution in [0.15, 0.2) is 6.20 Å². The maximum atomic E-state index is 10.8. The summed E-state index contributed by atoms with van der Waals surface area (Å²) in [4.78, 5) is 8.90. The van der Waals surface area contributed by atoms with Gasteiger partial charge in [0.1, 0.15) is 12.3 Å².